The highest BCUT2D eigenvalue weighted by molar-refractivity contribution is 7.99. The summed E-state index contributed by atoms with van der Waals surface area (Å²) < 4.78 is 7.27. The lowest BCUT2D eigenvalue weighted by molar-refractivity contribution is -0.118. The second-order valence-corrected chi connectivity index (χ2v) is 9.02. The lowest BCUT2D eigenvalue weighted by Crippen LogP contribution is -2.27. The molecule has 0 aliphatic heterocycles. The van der Waals surface area contributed by atoms with E-state index in [4.69, 9.17) is 4.74 Å². The third-order valence-corrected chi connectivity index (χ3v) is 6.84. The van der Waals surface area contributed by atoms with Gasteiger partial charge in [0.1, 0.15) is 5.75 Å². The van der Waals surface area contributed by atoms with Crippen molar-refractivity contribution < 1.29 is 9.53 Å². The van der Waals surface area contributed by atoms with Crippen molar-refractivity contribution in [3.8, 4) is 17.1 Å². The number of methoxy groups -OCH3 is 1. The predicted octanol–water partition coefficient (Wildman–Crippen LogP) is 5.40. The second-order valence-electron chi connectivity index (χ2n) is 8.08. The topological polar surface area (TPSA) is 69.0 Å². The molecule has 3 aromatic carbocycles. The summed E-state index contributed by atoms with van der Waals surface area (Å²) in [6.45, 7) is 3.37. The quantitative estimate of drug-likeness (QED) is 0.287. The Bertz CT molecular complexity index is 1170. The summed E-state index contributed by atoms with van der Waals surface area (Å²) in [7, 11) is 1.65. The van der Waals surface area contributed by atoms with Crippen molar-refractivity contribution in [2.45, 2.75) is 31.0 Å². The molecular formula is C28H30N4O2S. The van der Waals surface area contributed by atoms with E-state index in [0.717, 1.165) is 28.7 Å². The number of hydrogen-bond donors (Lipinski definition) is 1. The van der Waals surface area contributed by atoms with Gasteiger partial charge in [-0.1, -0.05) is 72.4 Å². The lowest BCUT2D eigenvalue weighted by Gasteiger charge is -2.18. The number of amides is 1. The number of carbonyl (C=O) groups is 1. The highest BCUT2D eigenvalue weighted by atomic mass is 32.2. The van der Waals surface area contributed by atoms with Crippen molar-refractivity contribution in [3.63, 3.8) is 0 Å². The van der Waals surface area contributed by atoms with Gasteiger partial charge in [-0.05, 0) is 48.7 Å². The van der Waals surface area contributed by atoms with Gasteiger partial charge < -0.3 is 14.6 Å². The van der Waals surface area contributed by atoms with Crippen LogP contribution in [0.1, 0.15) is 30.4 Å². The fraction of sp³-hybridized carbons (Fsp3) is 0.250. The Morgan fingerprint density at radius 3 is 2.14 bits per heavy atom. The minimum Gasteiger partial charge on any atom is -0.497 e. The number of thioether (sulfide) groups is 1. The van der Waals surface area contributed by atoms with E-state index >= 15 is 0 Å². The van der Waals surface area contributed by atoms with Gasteiger partial charge in [0.2, 0.25) is 5.91 Å². The first-order chi connectivity index (χ1) is 17.2. The number of aromatic nitrogens is 3. The van der Waals surface area contributed by atoms with Crippen LogP contribution in [0.25, 0.3) is 11.4 Å². The second kappa shape index (κ2) is 12.2. The van der Waals surface area contributed by atoms with Crippen LogP contribution in [0.15, 0.2) is 90.1 Å². The largest absolute Gasteiger partial charge is 0.497 e. The zero-order valence-electron chi connectivity index (χ0n) is 20.1. The molecule has 1 aromatic heterocycles. The van der Waals surface area contributed by atoms with E-state index in [9.17, 15) is 4.79 Å². The third-order valence-electron chi connectivity index (χ3n) is 5.87. The lowest BCUT2D eigenvalue weighted by atomic mass is 9.88. The van der Waals surface area contributed by atoms with Crippen LogP contribution in [-0.4, -0.2) is 40.1 Å². The Morgan fingerprint density at radius 2 is 1.57 bits per heavy atom. The molecule has 0 bridgehead atoms. The normalized spacial score (nSPS) is 10.9. The highest BCUT2D eigenvalue weighted by Gasteiger charge is 2.16. The maximum absolute atomic E-state index is 12.6. The predicted molar refractivity (Wildman–Crippen MR) is 141 cm³/mol. The molecule has 0 fully saturated rings. The van der Waals surface area contributed by atoms with E-state index in [0.29, 0.717) is 18.8 Å². The van der Waals surface area contributed by atoms with E-state index in [-0.39, 0.29) is 11.8 Å². The molecule has 35 heavy (non-hydrogen) atoms. The molecule has 1 amide bonds. The average molecular weight is 487 g/mol. The van der Waals surface area contributed by atoms with Crippen LogP contribution in [0.5, 0.6) is 5.75 Å². The SMILES string of the molecule is CCn1c(SCC(=O)NCCC(c2ccccc2)c2ccccc2)nnc1-c1ccc(OC)cc1. The maximum Gasteiger partial charge on any atom is 0.230 e. The Hall–Kier alpha value is -3.58. The van der Waals surface area contributed by atoms with Crippen LogP contribution < -0.4 is 10.1 Å². The molecule has 4 aromatic rings. The molecule has 0 radical (unpaired) electrons. The number of ether oxygens (including phenoxy) is 1. The van der Waals surface area contributed by atoms with Crippen molar-refractivity contribution in [1.82, 2.24) is 20.1 Å². The summed E-state index contributed by atoms with van der Waals surface area (Å²) in [5.41, 5.74) is 3.47. The van der Waals surface area contributed by atoms with Gasteiger partial charge in [0.05, 0.1) is 12.9 Å². The third kappa shape index (κ3) is 6.31. The molecule has 0 saturated heterocycles. The van der Waals surface area contributed by atoms with E-state index in [1.807, 2.05) is 47.9 Å². The zero-order valence-corrected chi connectivity index (χ0v) is 20.9. The molecule has 7 heteroatoms. The molecule has 0 unspecified atom stereocenters. The summed E-state index contributed by atoms with van der Waals surface area (Å²) in [5.74, 6) is 2.10. The van der Waals surface area contributed by atoms with Crippen molar-refractivity contribution in [3.05, 3.63) is 96.1 Å². The molecule has 1 heterocycles. The molecule has 0 saturated carbocycles. The minimum atomic E-state index is -0.00785. The van der Waals surface area contributed by atoms with E-state index in [1.54, 1.807) is 7.11 Å². The van der Waals surface area contributed by atoms with Crippen LogP contribution in [-0.2, 0) is 11.3 Å². The maximum atomic E-state index is 12.6. The highest BCUT2D eigenvalue weighted by Crippen LogP contribution is 2.28. The van der Waals surface area contributed by atoms with Crippen molar-refractivity contribution in [2.75, 3.05) is 19.4 Å². The number of rotatable bonds is 11. The van der Waals surface area contributed by atoms with Crippen LogP contribution >= 0.6 is 11.8 Å². The smallest absolute Gasteiger partial charge is 0.230 e. The Morgan fingerprint density at radius 1 is 0.943 bits per heavy atom. The zero-order chi connectivity index (χ0) is 24.5. The summed E-state index contributed by atoms with van der Waals surface area (Å²) in [4.78, 5) is 12.6. The summed E-state index contributed by atoms with van der Waals surface area (Å²) in [6, 6.07) is 28.6. The van der Waals surface area contributed by atoms with Crippen LogP contribution in [0.3, 0.4) is 0 Å². The number of nitrogens with one attached hydrogen (secondary N) is 1. The fourth-order valence-electron chi connectivity index (χ4n) is 4.07. The van der Waals surface area contributed by atoms with Gasteiger partial charge in [-0.3, -0.25) is 4.79 Å². The van der Waals surface area contributed by atoms with Crippen molar-refractivity contribution >= 4 is 17.7 Å². The molecule has 1 N–H and O–H groups in total. The van der Waals surface area contributed by atoms with E-state index < -0.39 is 0 Å². The first-order valence-electron chi connectivity index (χ1n) is 11.8. The average Bonchev–Trinajstić information content (AvgIpc) is 3.34. The van der Waals surface area contributed by atoms with Crippen LogP contribution in [0.4, 0.5) is 0 Å². The van der Waals surface area contributed by atoms with Crippen molar-refractivity contribution in [2.24, 2.45) is 0 Å². The van der Waals surface area contributed by atoms with Gasteiger partial charge in [-0.25, -0.2) is 0 Å². The van der Waals surface area contributed by atoms with E-state index in [2.05, 4.69) is 64.0 Å². The van der Waals surface area contributed by atoms with Gasteiger partial charge in [0, 0.05) is 24.6 Å². The minimum absolute atomic E-state index is 0.00785. The molecule has 0 aliphatic carbocycles. The van der Waals surface area contributed by atoms with Gasteiger partial charge >= 0.3 is 0 Å². The molecule has 0 atom stereocenters. The van der Waals surface area contributed by atoms with Crippen LogP contribution in [0, 0.1) is 0 Å². The first kappa shape index (κ1) is 24.5. The number of benzene rings is 3. The van der Waals surface area contributed by atoms with Crippen molar-refractivity contribution in [1.29, 1.82) is 0 Å². The number of hydrogen-bond acceptors (Lipinski definition) is 5. The fourth-order valence-corrected chi connectivity index (χ4v) is 4.90. The molecule has 6 nitrogen and oxygen atoms in total. The Kier molecular flexibility index (Phi) is 8.57. The summed E-state index contributed by atoms with van der Waals surface area (Å²) >= 11 is 1.41. The van der Waals surface area contributed by atoms with Gasteiger partial charge in [-0.15, -0.1) is 10.2 Å². The molecule has 0 aliphatic rings. The number of nitrogens with zero attached hydrogens (tertiary/aromatic N) is 3. The molecule has 180 valence electrons. The van der Waals surface area contributed by atoms with Crippen LogP contribution in [0.2, 0.25) is 0 Å². The Balaban J connectivity index is 1.34. The molecule has 4 rings (SSSR count). The summed E-state index contributed by atoms with van der Waals surface area (Å²) in [6.07, 6.45) is 0.831. The van der Waals surface area contributed by atoms with Gasteiger partial charge in [0.15, 0.2) is 11.0 Å². The van der Waals surface area contributed by atoms with Gasteiger partial charge in [0.25, 0.3) is 0 Å². The molecular weight excluding hydrogens is 456 g/mol. The van der Waals surface area contributed by atoms with Gasteiger partial charge in [-0.2, -0.15) is 0 Å². The molecule has 0 spiro atoms. The Labute approximate surface area is 210 Å². The monoisotopic (exact) mass is 486 g/mol. The standard InChI is InChI=1S/C28H30N4O2S/c1-3-32-27(23-14-16-24(34-2)17-15-23)30-31-28(32)35-20-26(33)29-19-18-25(21-10-6-4-7-11-21)22-12-8-5-9-13-22/h4-17,25H,3,18-20H2,1-2H3,(H,29,33). The van der Waals surface area contributed by atoms with E-state index in [1.165, 1.54) is 22.9 Å². The number of carbonyl (C=O) groups excluding carboxylic acids is 1. The summed E-state index contributed by atoms with van der Waals surface area (Å²) in [5, 5.41) is 12.5. The first-order valence-corrected chi connectivity index (χ1v) is 12.7.